The van der Waals surface area contributed by atoms with Crippen molar-refractivity contribution in [3.05, 3.63) is 46.2 Å². The van der Waals surface area contributed by atoms with Gasteiger partial charge in [-0.1, -0.05) is 6.07 Å². The van der Waals surface area contributed by atoms with Gasteiger partial charge in [-0.15, -0.1) is 11.3 Å². The predicted octanol–water partition coefficient (Wildman–Crippen LogP) is 3.14. The first-order chi connectivity index (χ1) is 8.74. The van der Waals surface area contributed by atoms with Crippen LogP contribution in [-0.4, -0.2) is 13.7 Å². The highest BCUT2D eigenvalue weighted by Gasteiger charge is 2.15. The lowest BCUT2D eigenvalue weighted by Crippen LogP contribution is -2.18. The molecule has 0 aliphatic carbocycles. The molecule has 1 aromatic carbocycles. The van der Waals surface area contributed by atoms with Crippen LogP contribution in [0.25, 0.3) is 0 Å². The number of ether oxygens (including phenoxy) is 2. The van der Waals surface area contributed by atoms with Crippen molar-refractivity contribution in [3.8, 4) is 11.5 Å². The van der Waals surface area contributed by atoms with E-state index in [2.05, 4.69) is 18.4 Å². The van der Waals surface area contributed by atoms with Crippen LogP contribution >= 0.6 is 11.3 Å². The Morgan fingerprint density at radius 2 is 2.06 bits per heavy atom. The average molecular weight is 263 g/mol. The molecule has 3 nitrogen and oxygen atoms in total. The minimum absolute atomic E-state index is 0.0999. The van der Waals surface area contributed by atoms with Crippen molar-refractivity contribution >= 4 is 11.3 Å². The monoisotopic (exact) mass is 263 g/mol. The average Bonchev–Trinajstić information content (AvgIpc) is 2.82. The van der Waals surface area contributed by atoms with Crippen molar-refractivity contribution in [3.63, 3.8) is 0 Å². The van der Waals surface area contributed by atoms with Crippen LogP contribution in [-0.2, 0) is 0 Å². The number of hydrogen-bond acceptors (Lipinski definition) is 4. The van der Waals surface area contributed by atoms with Crippen molar-refractivity contribution in [2.75, 3.05) is 13.7 Å². The quantitative estimate of drug-likeness (QED) is 0.901. The molecule has 2 rings (SSSR count). The molecule has 1 atom stereocenters. The van der Waals surface area contributed by atoms with Gasteiger partial charge in [-0.3, -0.25) is 0 Å². The zero-order chi connectivity index (χ0) is 13.0. The summed E-state index contributed by atoms with van der Waals surface area (Å²) in [6.07, 6.45) is -0.0999. The normalized spacial score (nSPS) is 12.2. The Hall–Kier alpha value is -1.52. The van der Waals surface area contributed by atoms with Gasteiger partial charge in [0, 0.05) is 17.5 Å². The highest BCUT2D eigenvalue weighted by molar-refractivity contribution is 7.10. The Morgan fingerprint density at radius 3 is 2.67 bits per heavy atom. The second-order valence-corrected chi connectivity index (χ2v) is 4.94. The molecule has 2 N–H and O–H groups in total. The lowest BCUT2D eigenvalue weighted by molar-refractivity contribution is 0.216. The van der Waals surface area contributed by atoms with Gasteiger partial charge >= 0.3 is 0 Å². The molecule has 18 heavy (non-hydrogen) atoms. The number of methoxy groups -OCH3 is 1. The number of nitrogens with two attached hydrogens (primary N) is 1. The molecule has 0 fully saturated rings. The summed E-state index contributed by atoms with van der Waals surface area (Å²) in [7, 11) is 1.64. The van der Waals surface area contributed by atoms with Crippen LogP contribution in [0.3, 0.4) is 0 Å². The molecule has 1 aromatic heterocycles. The molecular formula is C14H17NO2S. The first kappa shape index (κ1) is 12.9. The Morgan fingerprint density at radius 1 is 1.28 bits per heavy atom. The Bertz CT molecular complexity index is 510. The maximum atomic E-state index is 5.94. The lowest BCUT2D eigenvalue weighted by atomic mass is 10.2. The summed E-state index contributed by atoms with van der Waals surface area (Å²) >= 11 is 1.68. The summed E-state index contributed by atoms with van der Waals surface area (Å²) in [5.41, 5.74) is 7.02. The van der Waals surface area contributed by atoms with Gasteiger partial charge in [-0.2, -0.15) is 0 Å². The molecule has 0 radical (unpaired) electrons. The molecule has 0 aliphatic heterocycles. The van der Waals surface area contributed by atoms with Crippen LogP contribution < -0.4 is 15.2 Å². The van der Waals surface area contributed by atoms with E-state index in [9.17, 15) is 0 Å². The first-order valence-electron chi connectivity index (χ1n) is 5.79. The topological polar surface area (TPSA) is 44.5 Å². The molecule has 2 aromatic rings. The van der Waals surface area contributed by atoms with E-state index >= 15 is 0 Å². The molecule has 0 saturated carbocycles. The number of rotatable bonds is 5. The zero-order valence-electron chi connectivity index (χ0n) is 10.6. The summed E-state index contributed by atoms with van der Waals surface area (Å²) in [4.78, 5) is 1.18. The summed E-state index contributed by atoms with van der Waals surface area (Å²) in [5.74, 6) is 1.56. The van der Waals surface area contributed by atoms with E-state index in [-0.39, 0.29) is 6.10 Å². The van der Waals surface area contributed by atoms with Crippen LogP contribution in [0.5, 0.6) is 11.5 Å². The van der Waals surface area contributed by atoms with Crippen molar-refractivity contribution in [1.82, 2.24) is 0 Å². The van der Waals surface area contributed by atoms with Gasteiger partial charge in [0.1, 0.15) is 17.6 Å². The summed E-state index contributed by atoms with van der Waals surface area (Å²) in [6, 6.07) is 9.65. The minimum atomic E-state index is -0.0999. The highest BCUT2D eigenvalue weighted by Crippen LogP contribution is 2.29. The van der Waals surface area contributed by atoms with E-state index in [1.54, 1.807) is 18.4 Å². The predicted molar refractivity (Wildman–Crippen MR) is 74.5 cm³/mol. The number of aryl methyl sites for hydroxylation is 1. The van der Waals surface area contributed by atoms with Crippen LogP contribution in [0.4, 0.5) is 0 Å². The fourth-order valence-corrected chi connectivity index (χ4v) is 2.73. The van der Waals surface area contributed by atoms with Gasteiger partial charge in [-0.05, 0) is 36.1 Å². The first-order valence-corrected chi connectivity index (χ1v) is 6.67. The molecule has 96 valence electrons. The third-order valence-corrected chi connectivity index (χ3v) is 3.84. The molecule has 0 amide bonds. The summed E-state index contributed by atoms with van der Waals surface area (Å²) in [6.45, 7) is 2.53. The van der Waals surface area contributed by atoms with Crippen molar-refractivity contribution in [2.24, 2.45) is 5.73 Å². The van der Waals surface area contributed by atoms with Gasteiger partial charge < -0.3 is 15.2 Å². The Kier molecular flexibility index (Phi) is 4.23. The molecule has 0 spiro atoms. The largest absolute Gasteiger partial charge is 0.497 e. The van der Waals surface area contributed by atoms with Crippen molar-refractivity contribution in [1.29, 1.82) is 0 Å². The van der Waals surface area contributed by atoms with Gasteiger partial charge in [0.2, 0.25) is 0 Å². The van der Waals surface area contributed by atoms with E-state index < -0.39 is 0 Å². The molecule has 1 unspecified atom stereocenters. The third-order valence-electron chi connectivity index (χ3n) is 2.73. The molecule has 0 aliphatic rings. The number of hydrogen-bond donors (Lipinski definition) is 1. The number of benzene rings is 1. The smallest absolute Gasteiger partial charge is 0.145 e. The van der Waals surface area contributed by atoms with Crippen molar-refractivity contribution < 1.29 is 9.47 Å². The maximum absolute atomic E-state index is 5.94. The lowest BCUT2D eigenvalue weighted by Gasteiger charge is -2.17. The van der Waals surface area contributed by atoms with Gasteiger partial charge in [-0.25, -0.2) is 0 Å². The van der Waals surface area contributed by atoms with Crippen LogP contribution in [0.2, 0.25) is 0 Å². The van der Waals surface area contributed by atoms with Gasteiger partial charge in [0.05, 0.1) is 7.11 Å². The fraction of sp³-hybridized carbons (Fsp3) is 0.286. The Labute approximate surface area is 111 Å². The molecule has 4 heteroatoms. The number of thiophene rings is 1. The maximum Gasteiger partial charge on any atom is 0.145 e. The second-order valence-electron chi connectivity index (χ2n) is 3.99. The van der Waals surface area contributed by atoms with E-state index in [1.807, 2.05) is 24.3 Å². The van der Waals surface area contributed by atoms with Crippen LogP contribution in [0, 0.1) is 6.92 Å². The van der Waals surface area contributed by atoms with E-state index in [1.165, 1.54) is 10.4 Å². The fourth-order valence-electron chi connectivity index (χ4n) is 1.76. The molecular weight excluding hydrogens is 246 g/mol. The minimum Gasteiger partial charge on any atom is -0.497 e. The summed E-state index contributed by atoms with van der Waals surface area (Å²) in [5, 5.41) is 2.06. The van der Waals surface area contributed by atoms with Gasteiger partial charge in [0.15, 0.2) is 0 Å². The molecule has 0 bridgehead atoms. The SMILES string of the molecule is COc1cccc(OC(CN)c2sccc2C)c1. The van der Waals surface area contributed by atoms with E-state index in [4.69, 9.17) is 15.2 Å². The van der Waals surface area contributed by atoms with Crippen LogP contribution in [0.15, 0.2) is 35.7 Å². The molecule has 0 saturated heterocycles. The highest BCUT2D eigenvalue weighted by atomic mass is 32.1. The van der Waals surface area contributed by atoms with Crippen molar-refractivity contribution in [2.45, 2.75) is 13.0 Å². The third kappa shape index (κ3) is 2.83. The Balaban J connectivity index is 2.18. The second kappa shape index (κ2) is 5.89. The van der Waals surface area contributed by atoms with Crippen LogP contribution in [0.1, 0.15) is 16.5 Å². The summed E-state index contributed by atoms with van der Waals surface area (Å²) < 4.78 is 11.1. The van der Waals surface area contributed by atoms with Gasteiger partial charge in [0.25, 0.3) is 0 Å². The van der Waals surface area contributed by atoms with E-state index in [0.29, 0.717) is 6.54 Å². The standard InChI is InChI=1S/C14H17NO2S/c1-10-6-7-18-14(10)13(9-15)17-12-5-3-4-11(8-12)16-2/h3-8,13H,9,15H2,1-2H3. The molecule has 1 heterocycles. The zero-order valence-corrected chi connectivity index (χ0v) is 11.4. The van der Waals surface area contributed by atoms with E-state index in [0.717, 1.165) is 11.5 Å².